The molecule has 4 aliphatic rings. The molecular weight excluding hydrogens is 481 g/mol. The van der Waals surface area contributed by atoms with Crippen LogP contribution in [0.5, 0.6) is 0 Å². The molecule has 1 aliphatic carbocycles. The minimum absolute atomic E-state index is 0.0659. The number of carbonyl (C=O) groups is 3. The van der Waals surface area contributed by atoms with E-state index < -0.39 is 12.1 Å². The largest absolute Gasteiger partial charge is 0.490 e. The summed E-state index contributed by atoms with van der Waals surface area (Å²) in [5, 5.41) is 16.2. The first kappa shape index (κ1) is 25.9. The van der Waals surface area contributed by atoms with Gasteiger partial charge >= 0.3 is 12.1 Å². The monoisotopic (exact) mass is 508 g/mol. The van der Waals surface area contributed by atoms with Gasteiger partial charge in [0.05, 0.1) is 31.3 Å². The average Bonchev–Trinajstić information content (AvgIpc) is 3.59. The van der Waals surface area contributed by atoms with Gasteiger partial charge in [0.15, 0.2) is 0 Å². The number of nitrogens with zero attached hydrogens (tertiary/aromatic N) is 4. The Labute approximate surface area is 206 Å². The number of hydrogen-bond donors (Lipinski definition) is 1. The molecule has 1 unspecified atom stereocenters. The third-order valence-corrected chi connectivity index (χ3v) is 6.85. The van der Waals surface area contributed by atoms with Crippen LogP contribution >= 0.6 is 0 Å². The van der Waals surface area contributed by atoms with Gasteiger partial charge in [-0.2, -0.15) is 18.4 Å². The Balaban J connectivity index is 0.000000384. The molecule has 194 valence electrons. The molecule has 1 aromatic rings. The predicted octanol–water partition coefficient (Wildman–Crippen LogP) is 1.73. The lowest BCUT2D eigenvalue weighted by molar-refractivity contribution is -0.196. The molecule has 12 heteroatoms. The fourth-order valence-electron chi connectivity index (χ4n) is 4.57. The van der Waals surface area contributed by atoms with Gasteiger partial charge in [-0.15, -0.1) is 0 Å². The molecule has 0 aromatic heterocycles. The smallest absolute Gasteiger partial charge is 0.475 e. The highest BCUT2D eigenvalue weighted by atomic mass is 19.4. The van der Waals surface area contributed by atoms with Gasteiger partial charge < -0.3 is 19.6 Å². The highest BCUT2D eigenvalue weighted by Crippen LogP contribution is 2.36. The number of hydrogen-bond acceptors (Lipinski definition) is 6. The summed E-state index contributed by atoms with van der Waals surface area (Å²) in [6.07, 6.45) is -1.50. The van der Waals surface area contributed by atoms with Crippen molar-refractivity contribution in [1.29, 1.82) is 5.26 Å². The molecule has 1 atom stereocenters. The van der Waals surface area contributed by atoms with E-state index in [0.29, 0.717) is 43.3 Å². The van der Waals surface area contributed by atoms with Crippen LogP contribution in [-0.4, -0.2) is 101 Å². The second-order valence-corrected chi connectivity index (χ2v) is 9.72. The molecule has 1 aromatic carbocycles. The normalized spacial score (nSPS) is 23.0. The second kappa shape index (κ2) is 10.1. The number of halogens is 3. The van der Waals surface area contributed by atoms with Crippen molar-refractivity contribution in [2.75, 3.05) is 45.9 Å². The standard InChI is InChI=1S/C22H26N4O3.C2HF3O2/c23-10-17-3-1-4-18(9-17)20(27)26-14-22(15-26)13-25(11-16-5-6-16)19(12-29-22)21(28)24-7-2-8-24;3-2(4,5)1(6)7/h1,3-4,9,16,19H,2,5-8,11-15H2;(H,6,7). The Hall–Kier alpha value is -3.17. The minimum Gasteiger partial charge on any atom is -0.475 e. The van der Waals surface area contributed by atoms with Crippen LogP contribution in [-0.2, 0) is 14.3 Å². The number of amides is 2. The van der Waals surface area contributed by atoms with Crippen molar-refractivity contribution in [3.8, 4) is 6.07 Å². The van der Waals surface area contributed by atoms with E-state index in [1.807, 2.05) is 4.90 Å². The summed E-state index contributed by atoms with van der Waals surface area (Å²) in [6, 6.07) is 8.72. The van der Waals surface area contributed by atoms with Crippen LogP contribution < -0.4 is 0 Å². The molecule has 2 amide bonds. The lowest BCUT2D eigenvalue weighted by Gasteiger charge is -2.56. The van der Waals surface area contributed by atoms with E-state index >= 15 is 0 Å². The Kier molecular flexibility index (Phi) is 7.24. The maximum atomic E-state index is 12.8. The molecule has 5 rings (SSSR count). The summed E-state index contributed by atoms with van der Waals surface area (Å²) in [5.41, 5.74) is 0.654. The van der Waals surface area contributed by atoms with Crippen LogP contribution in [0, 0.1) is 17.2 Å². The first-order chi connectivity index (χ1) is 17.0. The Bertz CT molecular complexity index is 1060. The van der Waals surface area contributed by atoms with Crippen molar-refractivity contribution in [2.45, 2.75) is 37.1 Å². The average molecular weight is 508 g/mol. The van der Waals surface area contributed by atoms with Gasteiger partial charge in [-0.25, -0.2) is 4.79 Å². The van der Waals surface area contributed by atoms with E-state index in [1.165, 1.54) is 12.8 Å². The van der Waals surface area contributed by atoms with E-state index in [9.17, 15) is 22.8 Å². The highest BCUT2D eigenvalue weighted by molar-refractivity contribution is 5.95. The van der Waals surface area contributed by atoms with E-state index in [-0.39, 0.29) is 23.5 Å². The lowest BCUT2D eigenvalue weighted by atomic mass is 9.89. The Morgan fingerprint density at radius 3 is 2.33 bits per heavy atom. The predicted molar refractivity (Wildman–Crippen MR) is 119 cm³/mol. The molecule has 3 aliphatic heterocycles. The third-order valence-electron chi connectivity index (χ3n) is 6.85. The summed E-state index contributed by atoms with van der Waals surface area (Å²) < 4.78 is 37.9. The van der Waals surface area contributed by atoms with Gasteiger partial charge in [0, 0.05) is 31.7 Å². The lowest BCUT2D eigenvalue weighted by Crippen LogP contribution is -2.74. The molecule has 9 nitrogen and oxygen atoms in total. The number of carbonyl (C=O) groups excluding carboxylic acids is 2. The van der Waals surface area contributed by atoms with Crippen LogP contribution in [0.3, 0.4) is 0 Å². The van der Waals surface area contributed by atoms with E-state index in [2.05, 4.69) is 11.0 Å². The van der Waals surface area contributed by atoms with Gasteiger partial charge in [-0.05, 0) is 43.4 Å². The molecule has 4 fully saturated rings. The molecule has 3 heterocycles. The summed E-state index contributed by atoms with van der Waals surface area (Å²) in [5.74, 6) is -1.92. The zero-order chi connectivity index (χ0) is 26.1. The molecule has 1 saturated carbocycles. The van der Waals surface area contributed by atoms with Crippen molar-refractivity contribution < 1.29 is 37.4 Å². The van der Waals surface area contributed by atoms with Crippen LogP contribution in [0.2, 0.25) is 0 Å². The zero-order valence-corrected chi connectivity index (χ0v) is 19.5. The minimum atomic E-state index is -5.08. The number of ether oxygens (including phenoxy) is 1. The van der Waals surface area contributed by atoms with E-state index in [1.54, 1.807) is 29.2 Å². The zero-order valence-electron chi connectivity index (χ0n) is 19.5. The number of benzene rings is 1. The molecule has 1 spiro atoms. The number of aliphatic carboxylic acids is 1. The van der Waals surface area contributed by atoms with Gasteiger partial charge in [0.1, 0.15) is 11.6 Å². The number of carboxylic acids is 1. The quantitative estimate of drug-likeness (QED) is 0.659. The fraction of sp³-hybridized carbons (Fsp3) is 0.583. The van der Waals surface area contributed by atoms with Crippen molar-refractivity contribution >= 4 is 17.8 Å². The number of likely N-dealkylation sites (tertiary alicyclic amines) is 2. The summed E-state index contributed by atoms with van der Waals surface area (Å²) in [7, 11) is 0. The van der Waals surface area contributed by atoms with Crippen LogP contribution in [0.4, 0.5) is 13.2 Å². The van der Waals surface area contributed by atoms with Crippen molar-refractivity contribution in [3.05, 3.63) is 35.4 Å². The second-order valence-electron chi connectivity index (χ2n) is 9.72. The molecule has 36 heavy (non-hydrogen) atoms. The molecule has 1 N–H and O–H groups in total. The van der Waals surface area contributed by atoms with E-state index in [0.717, 1.165) is 26.1 Å². The highest BCUT2D eigenvalue weighted by Gasteiger charge is 2.53. The SMILES string of the molecule is N#Cc1cccc(C(=O)N2CC3(C2)CN(CC2CC2)C(C(=O)N2CCC2)CO3)c1.O=C(O)C(F)(F)F. The third kappa shape index (κ3) is 5.79. The molecular formula is C24H27F3N4O5. The maximum absolute atomic E-state index is 12.8. The molecule has 0 radical (unpaired) electrons. The van der Waals surface area contributed by atoms with Crippen molar-refractivity contribution in [3.63, 3.8) is 0 Å². The van der Waals surface area contributed by atoms with Crippen molar-refractivity contribution in [2.24, 2.45) is 5.92 Å². The maximum Gasteiger partial charge on any atom is 0.490 e. The Morgan fingerprint density at radius 1 is 1.14 bits per heavy atom. The van der Waals surface area contributed by atoms with Gasteiger partial charge in [-0.3, -0.25) is 14.5 Å². The van der Waals surface area contributed by atoms with Gasteiger partial charge in [0.2, 0.25) is 5.91 Å². The molecule has 0 bridgehead atoms. The topological polar surface area (TPSA) is 114 Å². The van der Waals surface area contributed by atoms with Crippen LogP contribution in [0.15, 0.2) is 24.3 Å². The summed E-state index contributed by atoms with van der Waals surface area (Å²) >= 11 is 0. The number of morpholine rings is 1. The number of carboxylic acid groups (broad SMARTS) is 1. The van der Waals surface area contributed by atoms with Crippen molar-refractivity contribution in [1.82, 2.24) is 14.7 Å². The number of rotatable bonds is 4. The summed E-state index contributed by atoms with van der Waals surface area (Å²) in [6.45, 7) is 4.86. The summed E-state index contributed by atoms with van der Waals surface area (Å²) in [4.78, 5) is 40.6. The first-order valence-electron chi connectivity index (χ1n) is 11.8. The fourth-order valence-corrected chi connectivity index (χ4v) is 4.57. The first-order valence-corrected chi connectivity index (χ1v) is 11.8. The van der Waals surface area contributed by atoms with Crippen LogP contribution in [0.1, 0.15) is 35.2 Å². The number of nitriles is 1. The number of alkyl halides is 3. The van der Waals surface area contributed by atoms with Crippen LogP contribution in [0.25, 0.3) is 0 Å². The van der Waals surface area contributed by atoms with E-state index in [4.69, 9.17) is 19.9 Å². The Morgan fingerprint density at radius 2 is 1.81 bits per heavy atom. The van der Waals surface area contributed by atoms with Gasteiger partial charge in [0.25, 0.3) is 5.91 Å². The van der Waals surface area contributed by atoms with Gasteiger partial charge in [-0.1, -0.05) is 6.07 Å². The molecule has 3 saturated heterocycles.